The topological polar surface area (TPSA) is 50.4 Å². The van der Waals surface area contributed by atoms with Crippen LogP contribution in [0.25, 0.3) is 0 Å². The predicted octanol–water partition coefficient (Wildman–Crippen LogP) is 2.02. The first-order valence-corrected chi connectivity index (χ1v) is 7.03. The molecule has 1 aliphatic rings. The highest BCUT2D eigenvalue weighted by Crippen LogP contribution is 2.31. The summed E-state index contributed by atoms with van der Waals surface area (Å²) in [5.41, 5.74) is 1.15. The monoisotopic (exact) mass is 262 g/mol. The van der Waals surface area contributed by atoms with Gasteiger partial charge in [0.15, 0.2) is 0 Å². The summed E-state index contributed by atoms with van der Waals surface area (Å²) in [4.78, 5) is 11.7. The van der Waals surface area contributed by atoms with Crippen molar-refractivity contribution in [2.24, 2.45) is 0 Å². The van der Waals surface area contributed by atoms with Crippen molar-refractivity contribution in [1.29, 1.82) is 0 Å². The van der Waals surface area contributed by atoms with Gasteiger partial charge in [0.05, 0.1) is 13.2 Å². The normalized spacial score (nSPS) is 17.4. The number of benzene rings is 1. The molecule has 19 heavy (non-hydrogen) atoms. The summed E-state index contributed by atoms with van der Waals surface area (Å²) in [7, 11) is 0. The van der Waals surface area contributed by atoms with Gasteiger partial charge >= 0.3 is 0 Å². The molecule has 4 nitrogen and oxygen atoms in total. The first-order valence-electron chi connectivity index (χ1n) is 7.03. The van der Waals surface area contributed by atoms with Gasteiger partial charge in [-0.2, -0.15) is 0 Å². The van der Waals surface area contributed by atoms with Crippen LogP contribution < -0.4 is 15.4 Å². The molecule has 0 radical (unpaired) electrons. The van der Waals surface area contributed by atoms with E-state index in [2.05, 4.69) is 23.6 Å². The van der Waals surface area contributed by atoms with Gasteiger partial charge in [0.1, 0.15) is 5.75 Å². The summed E-state index contributed by atoms with van der Waals surface area (Å²) in [5.74, 6) is 0.995. The van der Waals surface area contributed by atoms with Gasteiger partial charge < -0.3 is 15.4 Å². The highest BCUT2D eigenvalue weighted by molar-refractivity contribution is 5.78. The lowest BCUT2D eigenvalue weighted by Gasteiger charge is -2.26. The van der Waals surface area contributed by atoms with E-state index in [9.17, 15) is 4.79 Å². The Morgan fingerprint density at radius 3 is 3.11 bits per heavy atom. The van der Waals surface area contributed by atoms with Crippen LogP contribution in [0.5, 0.6) is 5.75 Å². The molecule has 0 saturated carbocycles. The third-order valence-corrected chi connectivity index (χ3v) is 3.32. The Morgan fingerprint density at radius 1 is 1.42 bits per heavy atom. The fourth-order valence-electron chi connectivity index (χ4n) is 2.24. The molecule has 1 heterocycles. The average Bonchev–Trinajstić information content (AvgIpc) is 2.45. The summed E-state index contributed by atoms with van der Waals surface area (Å²) in [5, 5.41) is 6.23. The van der Waals surface area contributed by atoms with E-state index >= 15 is 0 Å². The highest BCUT2D eigenvalue weighted by atomic mass is 16.5. The van der Waals surface area contributed by atoms with Crippen LogP contribution in [0.1, 0.15) is 37.8 Å². The van der Waals surface area contributed by atoms with Crippen LogP contribution in [0.2, 0.25) is 0 Å². The van der Waals surface area contributed by atoms with Crippen LogP contribution >= 0.6 is 0 Å². The van der Waals surface area contributed by atoms with E-state index in [-0.39, 0.29) is 11.9 Å². The van der Waals surface area contributed by atoms with Crippen LogP contribution in [0.4, 0.5) is 0 Å². The van der Waals surface area contributed by atoms with Gasteiger partial charge in [-0.05, 0) is 12.5 Å². The predicted molar refractivity (Wildman–Crippen MR) is 75.2 cm³/mol. The lowest BCUT2D eigenvalue weighted by atomic mass is 10.0. The zero-order chi connectivity index (χ0) is 13.5. The standard InChI is InChI=1S/C15H22N2O2/c1-2-3-9-16-15(18)11-17-13-8-10-19-14-7-5-4-6-12(13)14/h4-7,13,17H,2-3,8-11H2,1H3,(H,16,18). The second-order valence-corrected chi connectivity index (χ2v) is 4.81. The SMILES string of the molecule is CCCCNC(=O)CNC1CCOc2ccccc21. The molecule has 0 aromatic heterocycles. The number of amides is 1. The zero-order valence-corrected chi connectivity index (χ0v) is 11.4. The maximum absolute atomic E-state index is 11.7. The molecule has 1 aromatic rings. The average molecular weight is 262 g/mol. The molecule has 4 heteroatoms. The van der Waals surface area contributed by atoms with Gasteiger partial charge in [-0.15, -0.1) is 0 Å². The molecule has 0 aliphatic carbocycles. The Bertz CT molecular complexity index is 420. The second kappa shape index (κ2) is 7.14. The van der Waals surface area contributed by atoms with Gasteiger partial charge in [0.2, 0.25) is 5.91 Å². The van der Waals surface area contributed by atoms with Crippen molar-refractivity contribution in [1.82, 2.24) is 10.6 Å². The van der Waals surface area contributed by atoms with Crippen LogP contribution in [0.15, 0.2) is 24.3 Å². The van der Waals surface area contributed by atoms with Crippen molar-refractivity contribution in [2.75, 3.05) is 19.7 Å². The van der Waals surface area contributed by atoms with E-state index in [0.717, 1.165) is 37.1 Å². The minimum absolute atomic E-state index is 0.0671. The molecule has 1 amide bonds. The molecule has 1 unspecified atom stereocenters. The van der Waals surface area contributed by atoms with Crippen molar-refractivity contribution >= 4 is 5.91 Å². The summed E-state index contributed by atoms with van der Waals surface area (Å²) in [6.07, 6.45) is 3.03. The Hall–Kier alpha value is -1.55. The van der Waals surface area contributed by atoms with Crippen molar-refractivity contribution in [3.8, 4) is 5.75 Å². The highest BCUT2D eigenvalue weighted by Gasteiger charge is 2.20. The van der Waals surface area contributed by atoms with Gasteiger partial charge in [-0.25, -0.2) is 0 Å². The number of carbonyl (C=O) groups is 1. The van der Waals surface area contributed by atoms with Crippen LogP contribution in [-0.4, -0.2) is 25.6 Å². The van der Waals surface area contributed by atoms with E-state index < -0.39 is 0 Å². The smallest absolute Gasteiger partial charge is 0.233 e. The molecule has 2 rings (SSSR count). The first kappa shape index (κ1) is 13.9. The Labute approximate surface area is 114 Å². The van der Waals surface area contributed by atoms with Crippen molar-refractivity contribution < 1.29 is 9.53 Å². The number of carbonyl (C=O) groups excluding carboxylic acids is 1. The number of unbranched alkanes of at least 4 members (excludes halogenated alkanes) is 1. The first-order chi connectivity index (χ1) is 9.31. The fourth-order valence-corrected chi connectivity index (χ4v) is 2.24. The molecule has 0 saturated heterocycles. The molecule has 104 valence electrons. The third-order valence-electron chi connectivity index (χ3n) is 3.32. The summed E-state index contributed by atoms with van der Waals surface area (Å²) in [6, 6.07) is 8.22. The third kappa shape index (κ3) is 3.96. The Morgan fingerprint density at radius 2 is 2.26 bits per heavy atom. The molecule has 1 aromatic carbocycles. The quantitative estimate of drug-likeness (QED) is 0.771. The zero-order valence-electron chi connectivity index (χ0n) is 11.4. The van der Waals surface area contributed by atoms with E-state index in [1.54, 1.807) is 0 Å². The second-order valence-electron chi connectivity index (χ2n) is 4.81. The maximum atomic E-state index is 11.7. The number of hydrogen-bond acceptors (Lipinski definition) is 3. The number of fused-ring (bicyclic) bond motifs is 1. The minimum atomic E-state index is 0.0671. The van der Waals surface area contributed by atoms with E-state index in [0.29, 0.717) is 13.2 Å². The number of nitrogens with one attached hydrogen (secondary N) is 2. The molecular weight excluding hydrogens is 240 g/mol. The Kier molecular flexibility index (Phi) is 5.21. The van der Waals surface area contributed by atoms with Gasteiger partial charge in [0, 0.05) is 24.6 Å². The minimum Gasteiger partial charge on any atom is -0.493 e. The number of rotatable bonds is 6. The van der Waals surface area contributed by atoms with Crippen LogP contribution in [0, 0.1) is 0 Å². The fraction of sp³-hybridized carbons (Fsp3) is 0.533. The molecule has 1 atom stereocenters. The van der Waals surface area contributed by atoms with Crippen molar-refractivity contribution in [3.63, 3.8) is 0 Å². The lowest BCUT2D eigenvalue weighted by Crippen LogP contribution is -2.37. The molecule has 2 N–H and O–H groups in total. The van der Waals surface area contributed by atoms with Gasteiger partial charge in [-0.3, -0.25) is 4.79 Å². The molecule has 0 fully saturated rings. The van der Waals surface area contributed by atoms with E-state index in [1.807, 2.05) is 18.2 Å². The number of hydrogen-bond donors (Lipinski definition) is 2. The molecule has 1 aliphatic heterocycles. The van der Waals surface area contributed by atoms with E-state index in [1.165, 1.54) is 0 Å². The summed E-state index contributed by atoms with van der Waals surface area (Å²) >= 11 is 0. The van der Waals surface area contributed by atoms with Crippen molar-refractivity contribution in [2.45, 2.75) is 32.2 Å². The maximum Gasteiger partial charge on any atom is 0.233 e. The number of ether oxygens (including phenoxy) is 1. The molecule has 0 spiro atoms. The summed E-state index contributed by atoms with van der Waals surface area (Å²) in [6.45, 7) is 3.94. The van der Waals surface area contributed by atoms with Crippen molar-refractivity contribution in [3.05, 3.63) is 29.8 Å². The lowest BCUT2D eigenvalue weighted by molar-refractivity contribution is -0.120. The number of para-hydroxylation sites is 1. The van der Waals surface area contributed by atoms with Gasteiger partial charge in [-0.1, -0.05) is 31.5 Å². The molecule has 0 bridgehead atoms. The largest absolute Gasteiger partial charge is 0.493 e. The Balaban J connectivity index is 1.82. The van der Waals surface area contributed by atoms with E-state index in [4.69, 9.17) is 4.74 Å². The molecular formula is C15H22N2O2. The summed E-state index contributed by atoms with van der Waals surface area (Å²) < 4.78 is 5.60. The van der Waals surface area contributed by atoms with Crippen LogP contribution in [0.3, 0.4) is 0 Å². The van der Waals surface area contributed by atoms with Crippen LogP contribution in [-0.2, 0) is 4.79 Å². The van der Waals surface area contributed by atoms with Gasteiger partial charge in [0.25, 0.3) is 0 Å².